The van der Waals surface area contributed by atoms with Gasteiger partial charge in [-0.25, -0.2) is 9.78 Å². The molecule has 0 saturated heterocycles. The molecule has 0 saturated carbocycles. The van der Waals surface area contributed by atoms with Crippen LogP contribution in [0.25, 0.3) is 6.08 Å². The summed E-state index contributed by atoms with van der Waals surface area (Å²) >= 11 is 11.4. The van der Waals surface area contributed by atoms with Crippen LogP contribution in [0.3, 0.4) is 0 Å². The van der Waals surface area contributed by atoms with E-state index in [1.807, 2.05) is 0 Å². The molecular formula is C10H9Cl2NO2. The molecule has 1 aromatic heterocycles. The predicted molar refractivity (Wildman–Crippen MR) is 59.9 cm³/mol. The molecular weight excluding hydrogens is 237 g/mol. The minimum absolute atomic E-state index is 0.253. The first-order chi connectivity index (χ1) is 7.13. The second-order valence-electron chi connectivity index (χ2n) is 2.60. The van der Waals surface area contributed by atoms with E-state index < -0.39 is 5.97 Å². The van der Waals surface area contributed by atoms with Gasteiger partial charge in [0.05, 0.1) is 6.61 Å². The van der Waals surface area contributed by atoms with Crippen molar-refractivity contribution in [1.29, 1.82) is 0 Å². The van der Waals surface area contributed by atoms with Gasteiger partial charge in [0.15, 0.2) is 0 Å². The summed E-state index contributed by atoms with van der Waals surface area (Å²) < 4.78 is 4.71. The molecule has 5 heteroatoms. The third-order valence-corrected chi connectivity index (χ3v) is 2.04. The van der Waals surface area contributed by atoms with Gasteiger partial charge in [-0.2, -0.15) is 0 Å². The van der Waals surface area contributed by atoms with E-state index in [1.165, 1.54) is 12.2 Å². The Hall–Kier alpha value is -1.06. The minimum Gasteiger partial charge on any atom is -0.463 e. The van der Waals surface area contributed by atoms with Gasteiger partial charge in [0.1, 0.15) is 10.3 Å². The van der Waals surface area contributed by atoms with E-state index in [-0.39, 0.29) is 5.15 Å². The molecule has 1 aromatic rings. The van der Waals surface area contributed by atoms with Crippen molar-refractivity contribution in [3.8, 4) is 0 Å². The van der Waals surface area contributed by atoms with Gasteiger partial charge in [-0.3, -0.25) is 0 Å². The average Bonchev–Trinajstić information content (AvgIpc) is 2.17. The lowest BCUT2D eigenvalue weighted by Gasteiger charge is -1.98. The molecule has 80 valence electrons. The second kappa shape index (κ2) is 5.73. The van der Waals surface area contributed by atoms with Gasteiger partial charge in [0.25, 0.3) is 0 Å². The Kier molecular flexibility index (Phi) is 4.59. The summed E-state index contributed by atoms with van der Waals surface area (Å²) in [6, 6.07) is 3.27. The minimum atomic E-state index is -0.413. The van der Waals surface area contributed by atoms with Crippen molar-refractivity contribution in [3.63, 3.8) is 0 Å². The van der Waals surface area contributed by atoms with E-state index in [4.69, 9.17) is 27.9 Å². The van der Waals surface area contributed by atoms with Gasteiger partial charge in [-0.1, -0.05) is 23.2 Å². The van der Waals surface area contributed by atoms with Crippen LogP contribution in [-0.4, -0.2) is 17.6 Å². The molecule has 0 spiro atoms. The zero-order chi connectivity index (χ0) is 11.3. The van der Waals surface area contributed by atoms with Crippen LogP contribution in [0.5, 0.6) is 0 Å². The number of ether oxygens (including phenoxy) is 1. The number of esters is 1. The third kappa shape index (κ3) is 3.90. The topological polar surface area (TPSA) is 39.2 Å². The fourth-order valence-electron chi connectivity index (χ4n) is 0.895. The van der Waals surface area contributed by atoms with Crippen LogP contribution in [0.15, 0.2) is 18.2 Å². The Morgan fingerprint density at radius 1 is 1.53 bits per heavy atom. The number of rotatable bonds is 3. The molecule has 0 atom stereocenters. The second-order valence-corrected chi connectivity index (χ2v) is 3.34. The molecule has 0 aliphatic carbocycles. The van der Waals surface area contributed by atoms with E-state index in [0.717, 1.165) is 0 Å². The van der Waals surface area contributed by atoms with Crippen molar-refractivity contribution >= 4 is 35.2 Å². The van der Waals surface area contributed by atoms with Crippen LogP contribution < -0.4 is 0 Å². The van der Waals surface area contributed by atoms with Crippen molar-refractivity contribution in [2.75, 3.05) is 6.61 Å². The lowest BCUT2D eigenvalue weighted by molar-refractivity contribution is -0.137. The molecule has 0 aromatic carbocycles. The molecule has 1 heterocycles. The fourth-order valence-corrected chi connectivity index (χ4v) is 1.30. The van der Waals surface area contributed by atoms with Crippen LogP contribution in [0.2, 0.25) is 10.3 Å². The summed E-state index contributed by atoms with van der Waals surface area (Å²) in [5.41, 5.74) is 0.620. The lowest BCUT2D eigenvalue weighted by Crippen LogP contribution is -1.98. The smallest absolute Gasteiger partial charge is 0.330 e. The molecule has 0 aliphatic heterocycles. The maximum Gasteiger partial charge on any atom is 0.330 e. The first-order valence-electron chi connectivity index (χ1n) is 4.30. The maximum absolute atomic E-state index is 11.0. The summed E-state index contributed by atoms with van der Waals surface area (Å²) in [6.45, 7) is 2.08. The quantitative estimate of drug-likeness (QED) is 0.467. The van der Waals surface area contributed by atoms with Gasteiger partial charge in [0, 0.05) is 11.6 Å². The number of pyridine rings is 1. The Labute approximate surface area is 97.7 Å². The SMILES string of the molecule is CCOC(=O)C=Cc1ccc(Cl)nc1Cl. The van der Waals surface area contributed by atoms with E-state index >= 15 is 0 Å². The Bertz CT molecular complexity index is 391. The molecule has 3 nitrogen and oxygen atoms in total. The molecule has 15 heavy (non-hydrogen) atoms. The molecule has 0 N–H and O–H groups in total. The summed E-state index contributed by atoms with van der Waals surface area (Å²) in [5, 5.41) is 0.566. The number of nitrogens with zero attached hydrogens (tertiary/aromatic N) is 1. The number of hydrogen-bond donors (Lipinski definition) is 0. The van der Waals surface area contributed by atoms with Crippen molar-refractivity contribution in [2.45, 2.75) is 6.92 Å². The van der Waals surface area contributed by atoms with E-state index in [1.54, 1.807) is 19.1 Å². The zero-order valence-corrected chi connectivity index (χ0v) is 9.55. The molecule has 0 radical (unpaired) electrons. The Morgan fingerprint density at radius 2 is 2.27 bits per heavy atom. The number of carbonyl (C=O) groups excluding carboxylic acids is 1. The average molecular weight is 246 g/mol. The van der Waals surface area contributed by atoms with Gasteiger partial charge in [-0.15, -0.1) is 0 Å². The largest absolute Gasteiger partial charge is 0.463 e. The first-order valence-corrected chi connectivity index (χ1v) is 5.06. The molecule has 0 bridgehead atoms. The summed E-state index contributed by atoms with van der Waals surface area (Å²) in [5.74, 6) is -0.413. The van der Waals surface area contributed by atoms with E-state index in [0.29, 0.717) is 17.3 Å². The molecule has 0 fully saturated rings. The third-order valence-electron chi connectivity index (χ3n) is 1.53. The van der Waals surface area contributed by atoms with E-state index in [2.05, 4.69) is 4.98 Å². The van der Waals surface area contributed by atoms with Gasteiger partial charge < -0.3 is 4.74 Å². The van der Waals surface area contributed by atoms with Crippen molar-refractivity contribution in [1.82, 2.24) is 4.98 Å². The van der Waals surface area contributed by atoms with Crippen LogP contribution in [-0.2, 0) is 9.53 Å². The summed E-state index contributed by atoms with van der Waals surface area (Å²) in [7, 11) is 0. The van der Waals surface area contributed by atoms with Gasteiger partial charge in [0.2, 0.25) is 0 Å². The number of halogens is 2. The molecule has 0 unspecified atom stereocenters. The van der Waals surface area contributed by atoms with Crippen LogP contribution in [0, 0.1) is 0 Å². The predicted octanol–water partition coefficient (Wildman–Crippen LogP) is 2.96. The zero-order valence-electron chi connectivity index (χ0n) is 8.04. The monoisotopic (exact) mass is 245 g/mol. The van der Waals surface area contributed by atoms with Gasteiger partial charge >= 0.3 is 5.97 Å². The Morgan fingerprint density at radius 3 is 2.87 bits per heavy atom. The van der Waals surface area contributed by atoms with E-state index in [9.17, 15) is 4.79 Å². The summed E-state index contributed by atoms with van der Waals surface area (Å²) in [4.78, 5) is 14.8. The van der Waals surface area contributed by atoms with Crippen LogP contribution in [0.1, 0.15) is 12.5 Å². The number of aromatic nitrogens is 1. The molecule has 1 rings (SSSR count). The van der Waals surface area contributed by atoms with Crippen molar-refractivity contribution in [2.24, 2.45) is 0 Å². The Balaban J connectivity index is 2.76. The van der Waals surface area contributed by atoms with Crippen LogP contribution >= 0.6 is 23.2 Å². The molecule has 0 aliphatic rings. The highest BCUT2D eigenvalue weighted by atomic mass is 35.5. The number of carbonyl (C=O) groups is 1. The standard InChI is InChI=1S/C10H9Cl2NO2/c1-2-15-9(14)6-4-7-3-5-8(11)13-10(7)12/h3-6H,2H2,1H3. The molecule has 0 amide bonds. The van der Waals surface area contributed by atoms with Crippen molar-refractivity contribution in [3.05, 3.63) is 34.1 Å². The summed E-state index contributed by atoms with van der Waals surface area (Å²) in [6.07, 6.45) is 2.82. The van der Waals surface area contributed by atoms with Gasteiger partial charge in [-0.05, 0) is 25.1 Å². The maximum atomic E-state index is 11.0. The highest BCUT2D eigenvalue weighted by Crippen LogP contribution is 2.17. The van der Waals surface area contributed by atoms with Crippen LogP contribution in [0.4, 0.5) is 0 Å². The highest BCUT2D eigenvalue weighted by Gasteiger charge is 2.00. The lowest BCUT2D eigenvalue weighted by atomic mass is 10.2. The number of hydrogen-bond acceptors (Lipinski definition) is 3. The first kappa shape index (κ1) is 12.0. The highest BCUT2D eigenvalue weighted by molar-refractivity contribution is 6.33. The normalized spacial score (nSPS) is 10.6. The van der Waals surface area contributed by atoms with Crippen molar-refractivity contribution < 1.29 is 9.53 Å². The fraction of sp³-hybridized carbons (Fsp3) is 0.200.